The smallest absolute Gasteiger partial charge is 0.233 e. The topological polar surface area (TPSA) is 55.2 Å². The molecule has 1 aromatic heterocycles. The minimum Gasteiger partial charge on any atom is -0.480 e. The van der Waals surface area contributed by atoms with Crippen LogP contribution < -0.4 is 4.74 Å². The number of aromatic nitrogens is 2. The largest absolute Gasteiger partial charge is 0.480 e. The maximum absolute atomic E-state index is 9.14. The summed E-state index contributed by atoms with van der Waals surface area (Å²) in [6, 6.07) is 0. The fourth-order valence-corrected chi connectivity index (χ4v) is 1.03. The molecule has 1 N–H and O–H groups in total. The van der Waals surface area contributed by atoms with Crippen LogP contribution in [0.3, 0.4) is 0 Å². The third kappa shape index (κ3) is 1.84. The SMILES string of the molecule is COc1cnc(C(C)O)c(Cl)n1. The lowest BCUT2D eigenvalue weighted by Gasteiger charge is -2.05. The maximum Gasteiger partial charge on any atom is 0.233 e. The van der Waals surface area contributed by atoms with Crippen molar-refractivity contribution in [3.8, 4) is 5.88 Å². The second-order valence-electron chi connectivity index (χ2n) is 2.26. The van der Waals surface area contributed by atoms with Crippen LogP contribution in [-0.4, -0.2) is 22.2 Å². The van der Waals surface area contributed by atoms with Crippen molar-refractivity contribution in [3.63, 3.8) is 0 Å². The monoisotopic (exact) mass is 188 g/mol. The zero-order valence-electron chi connectivity index (χ0n) is 6.78. The lowest BCUT2D eigenvalue weighted by atomic mass is 10.3. The van der Waals surface area contributed by atoms with Gasteiger partial charge in [-0.15, -0.1) is 0 Å². The lowest BCUT2D eigenvalue weighted by Crippen LogP contribution is -1.99. The summed E-state index contributed by atoms with van der Waals surface area (Å²) >= 11 is 5.69. The number of ether oxygens (including phenoxy) is 1. The van der Waals surface area contributed by atoms with Gasteiger partial charge in [0, 0.05) is 0 Å². The van der Waals surface area contributed by atoms with Gasteiger partial charge in [0.2, 0.25) is 5.88 Å². The Morgan fingerprint density at radius 1 is 1.67 bits per heavy atom. The van der Waals surface area contributed by atoms with Crippen molar-refractivity contribution in [2.75, 3.05) is 7.11 Å². The first-order valence-electron chi connectivity index (χ1n) is 3.39. The number of hydrogen-bond donors (Lipinski definition) is 1. The third-order valence-corrected chi connectivity index (χ3v) is 1.62. The summed E-state index contributed by atoms with van der Waals surface area (Å²) in [6.07, 6.45) is 0.699. The van der Waals surface area contributed by atoms with Gasteiger partial charge in [0.1, 0.15) is 5.69 Å². The Morgan fingerprint density at radius 3 is 2.75 bits per heavy atom. The van der Waals surface area contributed by atoms with E-state index in [-0.39, 0.29) is 5.15 Å². The Labute approximate surface area is 75.2 Å². The first-order valence-corrected chi connectivity index (χ1v) is 3.77. The molecule has 0 bridgehead atoms. The molecule has 1 atom stereocenters. The van der Waals surface area contributed by atoms with Gasteiger partial charge in [0.25, 0.3) is 0 Å². The summed E-state index contributed by atoms with van der Waals surface area (Å²) < 4.78 is 4.79. The van der Waals surface area contributed by atoms with Gasteiger partial charge in [-0.2, -0.15) is 4.98 Å². The Morgan fingerprint density at radius 2 is 2.33 bits per heavy atom. The van der Waals surface area contributed by atoms with Crippen LogP contribution in [0.4, 0.5) is 0 Å². The quantitative estimate of drug-likeness (QED) is 0.758. The number of methoxy groups -OCH3 is 1. The average Bonchev–Trinajstić information content (AvgIpc) is 2.03. The summed E-state index contributed by atoms with van der Waals surface area (Å²) in [4.78, 5) is 7.71. The van der Waals surface area contributed by atoms with E-state index in [0.29, 0.717) is 11.6 Å². The second kappa shape index (κ2) is 3.69. The minimum absolute atomic E-state index is 0.171. The Balaban J connectivity index is 3.03. The molecule has 0 amide bonds. The van der Waals surface area contributed by atoms with Crippen LogP contribution in [0.2, 0.25) is 5.15 Å². The Bertz CT molecular complexity index is 278. The van der Waals surface area contributed by atoms with Crippen LogP contribution in [0, 0.1) is 0 Å². The molecule has 1 unspecified atom stereocenters. The Hall–Kier alpha value is -0.870. The lowest BCUT2D eigenvalue weighted by molar-refractivity contribution is 0.193. The summed E-state index contributed by atoms with van der Waals surface area (Å²) in [6.45, 7) is 1.57. The summed E-state index contributed by atoms with van der Waals surface area (Å²) in [5, 5.41) is 9.31. The Kier molecular flexibility index (Phi) is 2.83. The van der Waals surface area contributed by atoms with Gasteiger partial charge in [-0.25, -0.2) is 4.98 Å². The van der Waals surface area contributed by atoms with E-state index in [4.69, 9.17) is 21.4 Å². The summed E-state index contributed by atoms with van der Waals surface area (Å²) in [5.41, 5.74) is 0.359. The number of rotatable bonds is 2. The number of aliphatic hydroxyl groups excluding tert-OH is 1. The van der Waals surface area contributed by atoms with Gasteiger partial charge in [-0.1, -0.05) is 11.6 Å². The van der Waals surface area contributed by atoms with E-state index >= 15 is 0 Å². The molecule has 0 saturated heterocycles. The summed E-state index contributed by atoms with van der Waals surface area (Å²) in [5.74, 6) is 0.337. The van der Waals surface area contributed by atoms with E-state index in [1.54, 1.807) is 6.92 Å². The molecule has 1 aromatic rings. The van der Waals surface area contributed by atoms with E-state index < -0.39 is 6.10 Å². The van der Waals surface area contributed by atoms with E-state index in [1.165, 1.54) is 13.3 Å². The van der Waals surface area contributed by atoms with Crippen molar-refractivity contribution in [2.45, 2.75) is 13.0 Å². The van der Waals surface area contributed by atoms with Gasteiger partial charge in [-0.05, 0) is 6.92 Å². The summed E-state index contributed by atoms with van der Waals surface area (Å²) in [7, 11) is 1.47. The first kappa shape index (κ1) is 9.22. The molecule has 1 rings (SSSR count). The zero-order valence-corrected chi connectivity index (χ0v) is 7.54. The molecule has 1 heterocycles. The fourth-order valence-electron chi connectivity index (χ4n) is 0.740. The van der Waals surface area contributed by atoms with Crippen LogP contribution in [0.15, 0.2) is 6.20 Å². The molecule has 66 valence electrons. The molecule has 0 aromatic carbocycles. The zero-order chi connectivity index (χ0) is 9.14. The van der Waals surface area contributed by atoms with Crippen LogP contribution in [0.1, 0.15) is 18.7 Å². The standard InChI is InChI=1S/C7H9ClN2O2/c1-4(11)6-7(8)10-5(12-2)3-9-6/h3-4,11H,1-2H3. The maximum atomic E-state index is 9.14. The highest BCUT2D eigenvalue weighted by atomic mass is 35.5. The van der Waals surface area contributed by atoms with Crippen LogP contribution in [0.5, 0.6) is 5.88 Å². The van der Waals surface area contributed by atoms with E-state index in [1.807, 2.05) is 0 Å². The van der Waals surface area contributed by atoms with Gasteiger partial charge in [0.05, 0.1) is 19.4 Å². The molecule has 0 fully saturated rings. The van der Waals surface area contributed by atoms with Crippen LogP contribution in [-0.2, 0) is 0 Å². The second-order valence-corrected chi connectivity index (χ2v) is 2.62. The van der Waals surface area contributed by atoms with Gasteiger partial charge >= 0.3 is 0 Å². The molecule has 5 heteroatoms. The molecule has 0 aliphatic carbocycles. The number of nitrogens with zero attached hydrogens (tertiary/aromatic N) is 2. The predicted molar refractivity (Wildman–Crippen MR) is 44.2 cm³/mol. The van der Waals surface area contributed by atoms with Crippen molar-refractivity contribution in [1.82, 2.24) is 9.97 Å². The highest BCUT2D eigenvalue weighted by Crippen LogP contribution is 2.20. The van der Waals surface area contributed by atoms with Crippen molar-refractivity contribution < 1.29 is 9.84 Å². The predicted octanol–water partition coefficient (Wildman–Crippen LogP) is 1.19. The molecule has 12 heavy (non-hydrogen) atoms. The first-order chi connectivity index (χ1) is 5.65. The van der Waals surface area contributed by atoms with Crippen molar-refractivity contribution in [2.24, 2.45) is 0 Å². The average molecular weight is 189 g/mol. The van der Waals surface area contributed by atoms with Crippen LogP contribution >= 0.6 is 11.6 Å². The molecular formula is C7H9ClN2O2. The van der Waals surface area contributed by atoms with Crippen LogP contribution in [0.25, 0.3) is 0 Å². The molecule has 0 radical (unpaired) electrons. The number of halogens is 1. The molecule has 0 saturated carbocycles. The highest BCUT2D eigenvalue weighted by Gasteiger charge is 2.09. The minimum atomic E-state index is -0.712. The molecular weight excluding hydrogens is 180 g/mol. The van der Waals surface area contributed by atoms with Gasteiger partial charge < -0.3 is 9.84 Å². The molecule has 4 nitrogen and oxygen atoms in total. The third-order valence-electron chi connectivity index (χ3n) is 1.34. The molecule has 0 aliphatic heterocycles. The van der Waals surface area contributed by atoms with Crippen molar-refractivity contribution >= 4 is 11.6 Å². The molecule has 0 aliphatic rings. The van der Waals surface area contributed by atoms with Gasteiger partial charge in [-0.3, -0.25) is 0 Å². The number of hydrogen-bond acceptors (Lipinski definition) is 4. The molecule has 0 spiro atoms. The normalized spacial score (nSPS) is 12.7. The highest BCUT2D eigenvalue weighted by molar-refractivity contribution is 6.30. The fraction of sp³-hybridized carbons (Fsp3) is 0.429. The number of aliphatic hydroxyl groups is 1. The van der Waals surface area contributed by atoms with Crippen molar-refractivity contribution in [1.29, 1.82) is 0 Å². The van der Waals surface area contributed by atoms with E-state index in [9.17, 15) is 0 Å². The van der Waals surface area contributed by atoms with Crippen molar-refractivity contribution in [3.05, 3.63) is 17.0 Å². The van der Waals surface area contributed by atoms with Gasteiger partial charge in [0.15, 0.2) is 5.15 Å². The van der Waals surface area contributed by atoms with E-state index in [2.05, 4.69) is 9.97 Å². The van der Waals surface area contributed by atoms with E-state index in [0.717, 1.165) is 0 Å².